The van der Waals surface area contributed by atoms with Gasteiger partial charge in [-0.2, -0.15) is 0 Å². The van der Waals surface area contributed by atoms with Gasteiger partial charge in [-0.15, -0.1) is 0 Å². The molecular formula is C24H28FN3O2. The summed E-state index contributed by atoms with van der Waals surface area (Å²) in [5, 5.41) is 3.06. The highest BCUT2D eigenvalue weighted by Gasteiger charge is 2.38. The molecule has 6 heteroatoms. The van der Waals surface area contributed by atoms with Gasteiger partial charge in [-0.1, -0.05) is 12.1 Å². The molecule has 0 unspecified atom stereocenters. The lowest BCUT2D eigenvalue weighted by molar-refractivity contribution is -0.134. The molecule has 4 rings (SSSR count). The molecule has 1 N–H and O–H groups in total. The zero-order chi connectivity index (χ0) is 21.1. The number of nitrogens with zero attached hydrogens (tertiary/aromatic N) is 2. The molecule has 1 aromatic heterocycles. The summed E-state index contributed by atoms with van der Waals surface area (Å²) in [5.74, 6) is 0.428. The van der Waals surface area contributed by atoms with Gasteiger partial charge in [0.25, 0.3) is 0 Å². The van der Waals surface area contributed by atoms with Gasteiger partial charge in [0.05, 0.1) is 6.42 Å². The number of carbonyl (C=O) groups excluding carboxylic acids is 2. The Bertz CT molecular complexity index is 911. The molecule has 158 valence electrons. The number of hydrogen-bond acceptors (Lipinski definition) is 3. The van der Waals surface area contributed by atoms with E-state index in [-0.39, 0.29) is 35.4 Å². The number of hydrogen-bond donors (Lipinski definition) is 1. The van der Waals surface area contributed by atoms with E-state index in [1.807, 2.05) is 30.0 Å². The van der Waals surface area contributed by atoms with Crippen LogP contribution in [0.25, 0.3) is 0 Å². The molecule has 2 heterocycles. The van der Waals surface area contributed by atoms with Gasteiger partial charge in [-0.05, 0) is 67.0 Å². The second-order valence-corrected chi connectivity index (χ2v) is 8.55. The molecule has 0 bridgehead atoms. The molecule has 0 spiro atoms. The van der Waals surface area contributed by atoms with Crippen LogP contribution in [0.2, 0.25) is 0 Å². The number of benzene rings is 1. The van der Waals surface area contributed by atoms with E-state index in [0.717, 1.165) is 42.5 Å². The predicted molar refractivity (Wildman–Crippen MR) is 112 cm³/mol. The molecule has 5 nitrogen and oxygen atoms in total. The fourth-order valence-corrected chi connectivity index (χ4v) is 4.34. The Morgan fingerprint density at radius 2 is 1.93 bits per heavy atom. The average Bonchev–Trinajstić information content (AvgIpc) is 3.59. The first kappa shape index (κ1) is 20.5. The van der Waals surface area contributed by atoms with E-state index in [0.29, 0.717) is 19.5 Å². The largest absolute Gasteiger partial charge is 0.355 e. The van der Waals surface area contributed by atoms with Crippen LogP contribution in [0, 0.1) is 24.6 Å². The second-order valence-electron chi connectivity index (χ2n) is 8.55. The number of rotatable bonds is 6. The van der Waals surface area contributed by atoms with Crippen LogP contribution in [0.15, 0.2) is 42.7 Å². The highest BCUT2D eigenvalue weighted by atomic mass is 19.1. The minimum atomic E-state index is -0.253. The van der Waals surface area contributed by atoms with E-state index in [9.17, 15) is 14.0 Å². The number of piperidine rings is 1. The minimum Gasteiger partial charge on any atom is -0.355 e. The first-order chi connectivity index (χ1) is 14.5. The molecule has 2 aromatic rings. The van der Waals surface area contributed by atoms with Gasteiger partial charge < -0.3 is 10.2 Å². The zero-order valence-electron chi connectivity index (χ0n) is 17.3. The third-order valence-electron chi connectivity index (χ3n) is 6.33. The number of halogens is 1. The first-order valence-corrected chi connectivity index (χ1v) is 10.7. The Balaban J connectivity index is 1.43. The highest BCUT2D eigenvalue weighted by molar-refractivity contribution is 5.81. The molecule has 1 aromatic carbocycles. The van der Waals surface area contributed by atoms with E-state index in [1.54, 1.807) is 12.4 Å². The standard InChI is InChI=1S/C24H28FN3O2/c1-16-8-10-26-13-19(16)12-23(29)27-14-20-15-28(24(30)18-2-3-18)11-9-22(20)17-4-6-21(25)7-5-17/h4-8,10,13,18,20,22H,2-3,9,11-12,14-15H2,1H3,(H,27,29)/t20-,22-/m1/s1. The van der Waals surface area contributed by atoms with Crippen molar-refractivity contribution >= 4 is 11.8 Å². The summed E-state index contributed by atoms with van der Waals surface area (Å²) in [4.78, 5) is 31.2. The van der Waals surface area contributed by atoms with Crippen molar-refractivity contribution in [2.45, 2.75) is 38.5 Å². The molecule has 30 heavy (non-hydrogen) atoms. The van der Waals surface area contributed by atoms with Crippen LogP contribution < -0.4 is 5.32 Å². The third kappa shape index (κ3) is 4.86. The quantitative estimate of drug-likeness (QED) is 0.797. The van der Waals surface area contributed by atoms with Crippen molar-refractivity contribution in [2.75, 3.05) is 19.6 Å². The Morgan fingerprint density at radius 1 is 1.17 bits per heavy atom. The molecular weight excluding hydrogens is 381 g/mol. The average molecular weight is 410 g/mol. The molecule has 1 saturated carbocycles. The summed E-state index contributed by atoms with van der Waals surface area (Å²) < 4.78 is 13.4. The van der Waals surface area contributed by atoms with E-state index < -0.39 is 0 Å². The Kier molecular flexibility index (Phi) is 6.11. The molecule has 2 amide bonds. The SMILES string of the molecule is Cc1ccncc1CC(=O)NC[C@@H]1CN(C(=O)C2CC2)CC[C@@H]1c1ccc(F)cc1. The van der Waals surface area contributed by atoms with Crippen LogP contribution in [-0.2, 0) is 16.0 Å². The zero-order valence-corrected chi connectivity index (χ0v) is 17.3. The topological polar surface area (TPSA) is 62.3 Å². The fourth-order valence-electron chi connectivity index (χ4n) is 4.34. The van der Waals surface area contributed by atoms with Crippen molar-refractivity contribution in [3.63, 3.8) is 0 Å². The molecule has 1 aliphatic carbocycles. The molecule has 2 fully saturated rings. The smallest absolute Gasteiger partial charge is 0.225 e. The van der Waals surface area contributed by atoms with Gasteiger partial charge in [-0.25, -0.2) is 4.39 Å². The van der Waals surface area contributed by atoms with Crippen LogP contribution in [0.4, 0.5) is 4.39 Å². The number of nitrogens with one attached hydrogen (secondary N) is 1. The predicted octanol–water partition coefficient (Wildman–Crippen LogP) is 3.23. The molecule has 0 radical (unpaired) electrons. The van der Waals surface area contributed by atoms with Crippen molar-refractivity contribution < 1.29 is 14.0 Å². The Morgan fingerprint density at radius 3 is 2.63 bits per heavy atom. The maximum absolute atomic E-state index is 13.4. The second kappa shape index (κ2) is 8.94. The van der Waals surface area contributed by atoms with Crippen LogP contribution >= 0.6 is 0 Å². The summed E-state index contributed by atoms with van der Waals surface area (Å²) in [5.41, 5.74) is 3.03. The van der Waals surface area contributed by atoms with Crippen LogP contribution in [-0.4, -0.2) is 41.3 Å². The Labute approximate surface area is 176 Å². The fraction of sp³-hybridized carbons (Fsp3) is 0.458. The number of aryl methyl sites for hydroxylation is 1. The summed E-state index contributed by atoms with van der Waals surface area (Å²) in [6.45, 7) is 3.81. The van der Waals surface area contributed by atoms with Gasteiger partial charge in [0, 0.05) is 43.9 Å². The highest BCUT2D eigenvalue weighted by Crippen LogP contribution is 2.37. The number of aromatic nitrogens is 1. The summed E-state index contributed by atoms with van der Waals surface area (Å²) in [6.07, 6.45) is 6.54. The molecule has 1 saturated heterocycles. The van der Waals surface area contributed by atoms with Crippen LogP contribution in [0.1, 0.15) is 41.9 Å². The summed E-state index contributed by atoms with van der Waals surface area (Å²) in [6, 6.07) is 8.52. The van der Waals surface area contributed by atoms with Gasteiger partial charge in [-0.3, -0.25) is 14.6 Å². The van der Waals surface area contributed by atoms with Crippen molar-refractivity contribution in [1.82, 2.24) is 15.2 Å². The van der Waals surface area contributed by atoms with Gasteiger partial charge >= 0.3 is 0 Å². The monoisotopic (exact) mass is 409 g/mol. The van der Waals surface area contributed by atoms with E-state index in [4.69, 9.17) is 0 Å². The lowest BCUT2D eigenvalue weighted by atomic mass is 9.80. The minimum absolute atomic E-state index is 0.0467. The lowest BCUT2D eigenvalue weighted by Gasteiger charge is -2.39. The van der Waals surface area contributed by atoms with Crippen LogP contribution in [0.3, 0.4) is 0 Å². The summed E-state index contributed by atoms with van der Waals surface area (Å²) in [7, 11) is 0. The maximum atomic E-state index is 13.4. The molecule has 1 aliphatic heterocycles. The third-order valence-corrected chi connectivity index (χ3v) is 6.33. The molecule has 2 atom stereocenters. The summed E-state index contributed by atoms with van der Waals surface area (Å²) >= 11 is 0. The van der Waals surface area contributed by atoms with E-state index in [2.05, 4.69) is 10.3 Å². The number of amides is 2. The van der Waals surface area contributed by atoms with Crippen molar-refractivity contribution in [1.29, 1.82) is 0 Å². The van der Waals surface area contributed by atoms with Gasteiger partial charge in [0.1, 0.15) is 5.82 Å². The number of carbonyl (C=O) groups is 2. The maximum Gasteiger partial charge on any atom is 0.225 e. The van der Waals surface area contributed by atoms with Gasteiger partial charge in [0.2, 0.25) is 11.8 Å². The number of likely N-dealkylation sites (tertiary alicyclic amines) is 1. The van der Waals surface area contributed by atoms with E-state index >= 15 is 0 Å². The lowest BCUT2D eigenvalue weighted by Crippen LogP contribution is -2.47. The normalized spacial score (nSPS) is 21.3. The van der Waals surface area contributed by atoms with E-state index in [1.165, 1.54) is 12.1 Å². The van der Waals surface area contributed by atoms with Crippen LogP contribution in [0.5, 0.6) is 0 Å². The first-order valence-electron chi connectivity index (χ1n) is 10.7. The van der Waals surface area contributed by atoms with Crippen molar-refractivity contribution in [3.05, 3.63) is 65.2 Å². The number of pyridine rings is 1. The van der Waals surface area contributed by atoms with Crippen molar-refractivity contribution in [2.24, 2.45) is 11.8 Å². The molecule has 2 aliphatic rings. The Hall–Kier alpha value is -2.76. The van der Waals surface area contributed by atoms with Crippen molar-refractivity contribution in [3.8, 4) is 0 Å². The van der Waals surface area contributed by atoms with Gasteiger partial charge in [0.15, 0.2) is 0 Å².